The zero-order valence-corrected chi connectivity index (χ0v) is 10.2. The van der Waals surface area contributed by atoms with Crippen molar-refractivity contribution >= 4 is 21.7 Å². The van der Waals surface area contributed by atoms with Gasteiger partial charge < -0.3 is 10.0 Å². The van der Waals surface area contributed by atoms with Crippen LogP contribution in [0, 0.1) is 0 Å². The monoisotopic (exact) mass is 269 g/mol. The molecule has 0 saturated carbocycles. The van der Waals surface area contributed by atoms with Crippen LogP contribution in [0.3, 0.4) is 0 Å². The van der Waals surface area contributed by atoms with E-state index in [1.807, 2.05) is 14.1 Å². The van der Waals surface area contributed by atoms with Gasteiger partial charge in [-0.1, -0.05) is 15.9 Å². The minimum atomic E-state index is -0.220. The maximum atomic E-state index is 11.6. The number of carbonyl (C=O) groups excluding carboxylic acids is 1. The van der Waals surface area contributed by atoms with Crippen LogP contribution in [0.15, 0.2) is 34.9 Å². The van der Waals surface area contributed by atoms with E-state index in [2.05, 4.69) is 15.9 Å². The van der Waals surface area contributed by atoms with E-state index >= 15 is 0 Å². The Labute approximate surface area is 97.1 Å². The van der Waals surface area contributed by atoms with Crippen LogP contribution < -0.4 is 0 Å². The second kappa shape index (κ2) is 4.98. The Morgan fingerprint density at radius 3 is 2.73 bits per heavy atom. The molecule has 0 atom stereocenters. The van der Waals surface area contributed by atoms with Crippen molar-refractivity contribution < 1.29 is 9.90 Å². The summed E-state index contributed by atoms with van der Waals surface area (Å²) in [6.07, 6.45) is 3.06. The van der Waals surface area contributed by atoms with Crippen molar-refractivity contribution in [1.29, 1.82) is 0 Å². The molecule has 1 aromatic rings. The Morgan fingerprint density at radius 2 is 2.13 bits per heavy atom. The number of phenolic OH excluding ortho intramolecular Hbond substituents is 1. The first kappa shape index (κ1) is 11.8. The highest BCUT2D eigenvalue weighted by molar-refractivity contribution is 9.10. The number of hydrogen-bond acceptors (Lipinski definition) is 3. The molecule has 0 heterocycles. The molecule has 0 unspecified atom stereocenters. The molecular formula is C11H12BrNO2. The molecule has 0 aliphatic rings. The molecule has 0 aliphatic heterocycles. The molecular weight excluding hydrogens is 258 g/mol. The largest absolute Gasteiger partial charge is 0.507 e. The summed E-state index contributed by atoms with van der Waals surface area (Å²) in [5.41, 5.74) is 0.294. The molecule has 1 N–H and O–H groups in total. The molecule has 0 saturated heterocycles. The average Bonchev–Trinajstić information content (AvgIpc) is 2.18. The number of allylic oxidation sites excluding steroid dienone is 1. The molecule has 1 rings (SSSR count). The summed E-state index contributed by atoms with van der Waals surface area (Å²) in [6.45, 7) is 0. The molecule has 0 radical (unpaired) electrons. The van der Waals surface area contributed by atoms with Crippen LogP contribution in [0.4, 0.5) is 0 Å². The molecule has 0 fully saturated rings. The van der Waals surface area contributed by atoms with E-state index in [0.29, 0.717) is 5.56 Å². The third-order valence-electron chi connectivity index (χ3n) is 1.75. The lowest BCUT2D eigenvalue weighted by atomic mass is 10.1. The van der Waals surface area contributed by atoms with Crippen molar-refractivity contribution in [2.24, 2.45) is 0 Å². The summed E-state index contributed by atoms with van der Waals surface area (Å²) in [4.78, 5) is 13.4. The van der Waals surface area contributed by atoms with E-state index < -0.39 is 0 Å². The molecule has 15 heavy (non-hydrogen) atoms. The van der Waals surface area contributed by atoms with E-state index in [1.54, 1.807) is 23.2 Å². The first-order chi connectivity index (χ1) is 7.00. The van der Waals surface area contributed by atoms with E-state index in [4.69, 9.17) is 0 Å². The molecule has 0 amide bonds. The van der Waals surface area contributed by atoms with Gasteiger partial charge >= 0.3 is 0 Å². The van der Waals surface area contributed by atoms with Crippen molar-refractivity contribution in [2.75, 3.05) is 14.1 Å². The zero-order valence-electron chi connectivity index (χ0n) is 8.57. The predicted octanol–water partition coefficient (Wildman–Crippen LogP) is 2.41. The van der Waals surface area contributed by atoms with Crippen LogP contribution in [0.25, 0.3) is 0 Å². The van der Waals surface area contributed by atoms with Crippen LogP contribution in [-0.4, -0.2) is 29.9 Å². The highest BCUT2D eigenvalue weighted by Gasteiger charge is 2.08. The fourth-order valence-electron chi connectivity index (χ4n) is 1.01. The number of halogens is 1. The number of nitrogens with zero attached hydrogens (tertiary/aromatic N) is 1. The maximum absolute atomic E-state index is 11.6. The van der Waals surface area contributed by atoms with Crippen molar-refractivity contribution in [1.82, 2.24) is 4.90 Å². The van der Waals surface area contributed by atoms with E-state index in [-0.39, 0.29) is 11.5 Å². The Hall–Kier alpha value is -1.29. The zero-order chi connectivity index (χ0) is 11.4. The second-order valence-electron chi connectivity index (χ2n) is 3.31. The fraction of sp³-hybridized carbons (Fsp3) is 0.182. The maximum Gasteiger partial charge on any atom is 0.191 e. The van der Waals surface area contributed by atoms with Crippen LogP contribution in [-0.2, 0) is 0 Å². The standard InChI is InChI=1S/C11H12BrNO2/c1-13(2)6-5-11(15)9-7-8(12)3-4-10(9)14/h3-7,14H,1-2H3/b6-5+. The van der Waals surface area contributed by atoms with Gasteiger partial charge in [0.15, 0.2) is 5.78 Å². The third kappa shape index (κ3) is 3.40. The van der Waals surface area contributed by atoms with Crippen molar-refractivity contribution in [3.05, 3.63) is 40.5 Å². The number of rotatable bonds is 3. The predicted molar refractivity (Wildman–Crippen MR) is 63.0 cm³/mol. The number of hydrogen-bond donors (Lipinski definition) is 1. The van der Waals surface area contributed by atoms with Gasteiger partial charge in [0.2, 0.25) is 0 Å². The topological polar surface area (TPSA) is 40.5 Å². The van der Waals surface area contributed by atoms with Gasteiger partial charge in [-0.25, -0.2) is 0 Å². The Balaban J connectivity index is 2.96. The van der Waals surface area contributed by atoms with Gasteiger partial charge in [0.25, 0.3) is 0 Å². The van der Waals surface area contributed by atoms with Gasteiger partial charge in [-0.05, 0) is 18.2 Å². The number of aromatic hydroxyl groups is 1. The van der Waals surface area contributed by atoms with Crippen molar-refractivity contribution in [2.45, 2.75) is 0 Å². The van der Waals surface area contributed by atoms with Crippen LogP contribution in [0.5, 0.6) is 5.75 Å². The van der Waals surface area contributed by atoms with E-state index in [1.165, 1.54) is 12.1 Å². The highest BCUT2D eigenvalue weighted by Crippen LogP contribution is 2.22. The van der Waals surface area contributed by atoms with Gasteiger partial charge in [0, 0.05) is 30.8 Å². The minimum Gasteiger partial charge on any atom is -0.507 e. The fourth-order valence-corrected chi connectivity index (χ4v) is 1.37. The lowest BCUT2D eigenvalue weighted by Gasteiger charge is -2.04. The van der Waals surface area contributed by atoms with Crippen molar-refractivity contribution in [3.8, 4) is 5.75 Å². The van der Waals surface area contributed by atoms with Gasteiger partial charge in [0.1, 0.15) is 5.75 Å². The Kier molecular flexibility index (Phi) is 3.91. The Bertz CT molecular complexity index is 400. The minimum absolute atomic E-state index is 0.00777. The second-order valence-corrected chi connectivity index (χ2v) is 4.22. The summed E-state index contributed by atoms with van der Waals surface area (Å²) in [5.74, 6) is -0.228. The van der Waals surface area contributed by atoms with Gasteiger partial charge in [-0.3, -0.25) is 4.79 Å². The quantitative estimate of drug-likeness (QED) is 0.677. The first-order valence-electron chi connectivity index (χ1n) is 4.38. The molecule has 1 aromatic carbocycles. The molecule has 0 aliphatic carbocycles. The van der Waals surface area contributed by atoms with Gasteiger partial charge in [-0.15, -0.1) is 0 Å². The average molecular weight is 270 g/mol. The molecule has 0 spiro atoms. The molecule has 80 valence electrons. The van der Waals surface area contributed by atoms with Crippen LogP contribution in [0.2, 0.25) is 0 Å². The normalized spacial score (nSPS) is 10.6. The number of ketones is 1. The summed E-state index contributed by atoms with van der Waals surface area (Å²) in [5, 5.41) is 9.48. The number of benzene rings is 1. The molecule has 3 nitrogen and oxygen atoms in total. The van der Waals surface area contributed by atoms with Gasteiger partial charge in [-0.2, -0.15) is 0 Å². The number of phenols is 1. The SMILES string of the molecule is CN(C)/C=C/C(=O)c1cc(Br)ccc1O. The summed E-state index contributed by atoms with van der Waals surface area (Å²) >= 11 is 3.25. The van der Waals surface area contributed by atoms with E-state index in [0.717, 1.165) is 4.47 Å². The summed E-state index contributed by atoms with van der Waals surface area (Å²) in [7, 11) is 3.65. The number of carbonyl (C=O) groups is 1. The molecule has 4 heteroatoms. The molecule has 0 aromatic heterocycles. The highest BCUT2D eigenvalue weighted by atomic mass is 79.9. The van der Waals surface area contributed by atoms with Crippen LogP contribution in [0.1, 0.15) is 10.4 Å². The summed E-state index contributed by atoms with van der Waals surface area (Å²) in [6, 6.07) is 4.76. The lowest BCUT2D eigenvalue weighted by molar-refractivity contribution is 0.104. The van der Waals surface area contributed by atoms with Gasteiger partial charge in [0.05, 0.1) is 5.56 Å². The lowest BCUT2D eigenvalue weighted by Crippen LogP contribution is -2.03. The molecule has 0 bridgehead atoms. The first-order valence-corrected chi connectivity index (χ1v) is 5.17. The third-order valence-corrected chi connectivity index (χ3v) is 2.24. The van der Waals surface area contributed by atoms with E-state index in [9.17, 15) is 9.90 Å². The Morgan fingerprint density at radius 1 is 1.47 bits per heavy atom. The smallest absolute Gasteiger partial charge is 0.191 e. The summed E-state index contributed by atoms with van der Waals surface area (Å²) < 4.78 is 0.766. The van der Waals surface area contributed by atoms with Crippen LogP contribution >= 0.6 is 15.9 Å². The van der Waals surface area contributed by atoms with Crippen molar-refractivity contribution in [3.63, 3.8) is 0 Å².